The highest BCUT2D eigenvalue weighted by Gasteiger charge is 2.29. The first-order valence-corrected chi connectivity index (χ1v) is 4.11. The van der Waals surface area contributed by atoms with E-state index in [4.69, 9.17) is 4.84 Å². The summed E-state index contributed by atoms with van der Waals surface area (Å²) in [6.07, 6.45) is 0. The smallest absolute Gasteiger partial charge is 0.314 e. The van der Waals surface area contributed by atoms with Gasteiger partial charge in [0.05, 0.1) is 18.2 Å². The summed E-state index contributed by atoms with van der Waals surface area (Å²) in [6, 6.07) is 0. The fourth-order valence-electron chi connectivity index (χ4n) is 0.658. The predicted molar refractivity (Wildman–Crippen MR) is 50.5 cm³/mol. The van der Waals surface area contributed by atoms with Gasteiger partial charge in [0.1, 0.15) is 6.61 Å². The van der Waals surface area contributed by atoms with Gasteiger partial charge in [0.15, 0.2) is 0 Å². The summed E-state index contributed by atoms with van der Waals surface area (Å²) in [7, 11) is 1.36. The number of carbonyl (C=O) groups excluding carboxylic acids is 1. The van der Waals surface area contributed by atoms with E-state index < -0.39 is 5.41 Å². The zero-order valence-electron chi connectivity index (χ0n) is 8.88. The Labute approximate surface area is 78.9 Å². The quantitative estimate of drug-likeness (QED) is 0.381. The van der Waals surface area contributed by atoms with Crippen LogP contribution in [0.25, 0.3) is 0 Å². The third kappa shape index (κ3) is 4.50. The molecule has 0 amide bonds. The van der Waals surface area contributed by atoms with Gasteiger partial charge < -0.3 is 9.57 Å². The molecule has 0 saturated carbocycles. The Kier molecular flexibility index (Phi) is 4.45. The molecule has 0 N–H and O–H groups in total. The van der Waals surface area contributed by atoms with Crippen LogP contribution in [0.15, 0.2) is 5.16 Å². The predicted octanol–water partition coefficient (Wildman–Crippen LogP) is 1.60. The van der Waals surface area contributed by atoms with Crippen LogP contribution in [0.1, 0.15) is 27.7 Å². The topological polar surface area (TPSA) is 47.9 Å². The molecule has 13 heavy (non-hydrogen) atoms. The molecular weight excluding hydrogens is 170 g/mol. The number of nitrogens with zero attached hydrogens (tertiary/aromatic N) is 1. The van der Waals surface area contributed by atoms with Crippen LogP contribution in [0.3, 0.4) is 0 Å². The maximum absolute atomic E-state index is 11.2. The van der Waals surface area contributed by atoms with Crippen LogP contribution in [0, 0.1) is 5.41 Å². The zero-order chi connectivity index (χ0) is 10.5. The number of rotatable bonds is 4. The molecule has 0 rings (SSSR count). The lowest BCUT2D eigenvalue weighted by molar-refractivity contribution is -0.154. The monoisotopic (exact) mass is 187 g/mol. The Hall–Kier alpha value is -1.06. The van der Waals surface area contributed by atoms with Crippen LogP contribution in [0.4, 0.5) is 0 Å². The second kappa shape index (κ2) is 4.84. The van der Waals surface area contributed by atoms with Crippen LogP contribution in [-0.2, 0) is 14.4 Å². The number of hydrogen-bond donors (Lipinski definition) is 0. The molecule has 4 nitrogen and oxygen atoms in total. The van der Waals surface area contributed by atoms with Gasteiger partial charge in [-0.2, -0.15) is 0 Å². The van der Waals surface area contributed by atoms with E-state index in [0.717, 1.165) is 5.71 Å². The molecule has 0 aromatic heterocycles. The molecular formula is C9H17NO3. The van der Waals surface area contributed by atoms with E-state index in [2.05, 4.69) is 9.89 Å². The highest BCUT2D eigenvalue weighted by atomic mass is 16.6. The summed E-state index contributed by atoms with van der Waals surface area (Å²) in [5.74, 6) is -0.295. The molecule has 0 aromatic rings. The molecule has 0 aliphatic carbocycles. The normalized spacial score (nSPS) is 10.5. The number of ether oxygens (including phenoxy) is 1. The van der Waals surface area contributed by atoms with Crippen LogP contribution >= 0.6 is 0 Å². The minimum absolute atomic E-state index is 0.227. The van der Waals surface area contributed by atoms with Gasteiger partial charge in [0.2, 0.25) is 0 Å². The van der Waals surface area contributed by atoms with Crippen molar-refractivity contribution in [3.8, 4) is 0 Å². The van der Waals surface area contributed by atoms with E-state index in [9.17, 15) is 4.79 Å². The van der Waals surface area contributed by atoms with Crippen molar-refractivity contribution in [2.45, 2.75) is 27.7 Å². The summed E-state index contributed by atoms with van der Waals surface area (Å²) in [4.78, 5) is 16.1. The number of hydrogen-bond acceptors (Lipinski definition) is 4. The first-order valence-electron chi connectivity index (χ1n) is 4.11. The van der Waals surface area contributed by atoms with E-state index in [0.29, 0.717) is 0 Å². The van der Waals surface area contributed by atoms with Gasteiger partial charge in [-0.25, -0.2) is 0 Å². The zero-order valence-corrected chi connectivity index (χ0v) is 8.88. The number of oxime groups is 1. The molecule has 0 spiro atoms. The van der Waals surface area contributed by atoms with Gasteiger partial charge in [-0.15, -0.1) is 0 Å². The first-order chi connectivity index (χ1) is 5.90. The average Bonchev–Trinajstić information content (AvgIpc) is 2.01. The largest absolute Gasteiger partial charge is 0.469 e. The van der Waals surface area contributed by atoms with Crippen LogP contribution in [-0.4, -0.2) is 25.4 Å². The Bertz CT molecular complexity index is 205. The lowest BCUT2D eigenvalue weighted by Gasteiger charge is -2.19. The van der Waals surface area contributed by atoms with E-state index in [-0.39, 0.29) is 12.6 Å². The van der Waals surface area contributed by atoms with Crippen LogP contribution in [0.5, 0.6) is 0 Å². The Morgan fingerprint density at radius 3 is 2.31 bits per heavy atom. The average molecular weight is 187 g/mol. The van der Waals surface area contributed by atoms with Gasteiger partial charge >= 0.3 is 5.97 Å². The highest BCUT2D eigenvalue weighted by Crippen LogP contribution is 2.17. The van der Waals surface area contributed by atoms with Gasteiger partial charge in [-0.05, 0) is 27.7 Å². The maximum Gasteiger partial charge on any atom is 0.314 e. The highest BCUT2D eigenvalue weighted by molar-refractivity contribution is 5.78. The van der Waals surface area contributed by atoms with Crippen molar-refractivity contribution < 1.29 is 14.4 Å². The van der Waals surface area contributed by atoms with E-state index in [1.165, 1.54) is 7.11 Å². The fraction of sp³-hybridized carbons (Fsp3) is 0.778. The van der Waals surface area contributed by atoms with Crippen LogP contribution in [0.2, 0.25) is 0 Å². The number of esters is 1. The number of carbonyl (C=O) groups is 1. The molecule has 0 atom stereocenters. The fourth-order valence-corrected chi connectivity index (χ4v) is 0.658. The lowest BCUT2D eigenvalue weighted by atomic mass is 9.95. The van der Waals surface area contributed by atoms with Gasteiger partial charge in [-0.3, -0.25) is 4.79 Å². The molecule has 0 bridgehead atoms. The Morgan fingerprint density at radius 1 is 1.38 bits per heavy atom. The molecule has 4 heteroatoms. The van der Waals surface area contributed by atoms with Crippen molar-refractivity contribution >= 4 is 11.7 Å². The number of methoxy groups -OCH3 is 1. The maximum atomic E-state index is 11.2. The van der Waals surface area contributed by atoms with Crippen molar-refractivity contribution in [3.05, 3.63) is 0 Å². The Morgan fingerprint density at radius 2 is 1.92 bits per heavy atom. The van der Waals surface area contributed by atoms with Crippen molar-refractivity contribution in [1.29, 1.82) is 0 Å². The molecule has 0 saturated heterocycles. The first kappa shape index (κ1) is 11.9. The van der Waals surface area contributed by atoms with Crippen molar-refractivity contribution in [2.24, 2.45) is 10.6 Å². The molecule has 0 aliphatic heterocycles. The second-order valence-electron chi connectivity index (χ2n) is 3.69. The molecule has 0 fully saturated rings. The molecule has 0 aliphatic rings. The van der Waals surface area contributed by atoms with Crippen molar-refractivity contribution in [2.75, 3.05) is 13.7 Å². The summed E-state index contributed by atoms with van der Waals surface area (Å²) >= 11 is 0. The van der Waals surface area contributed by atoms with Gasteiger partial charge in [0.25, 0.3) is 0 Å². The lowest BCUT2D eigenvalue weighted by Crippen LogP contribution is -2.30. The van der Waals surface area contributed by atoms with Gasteiger partial charge in [0, 0.05) is 0 Å². The molecule has 0 heterocycles. The van der Waals surface area contributed by atoms with Gasteiger partial charge in [-0.1, -0.05) is 5.16 Å². The molecule has 0 aromatic carbocycles. The standard InChI is InChI=1S/C9H17NO3/c1-7(2)10-13-6-9(3,4)8(11)12-5/h6H2,1-5H3. The molecule has 0 unspecified atom stereocenters. The third-order valence-corrected chi connectivity index (χ3v) is 1.41. The second-order valence-corrected chi connectivity index (χ2v) is 3.69. The summed E-state index contributed by atoms with van der Waals surface area (Å²) in [5, 5.41) is 3.74. The van der Waals surface area contributed by atoms with E-state index in [1.807, 2.05) is 13.8 Å². The van der Waals surface area contributed by atoms with E-state index in [1.54, 1.807) is 13.8 Å². The minimum Gasteiger partial charge on any atom is -0.469 e. The van der Waals surface area contributed by atoms with Crippen molar-refractivity contribution in [3.63, 3.8) is 0 Å². The minimum atomic E-state index is -0.645. The summed E-state index contributed by atoms with van der Waals surface area (Å²) in [6.45, 7) is 7.37. The summed E-state index contributed by atoms with van der Waals surface area (Å²) < 4.78 is 4.61. The SMILES string of the molecule is COC(=O)C(C)(C)CON=C(C)C. The van der Waals surface area contributed by atoms with Crippen LogP contribution < -0.4 is 0 Å². The summed E-state index contributed by atoms with van der Waals surface area (Å²) in [5.41, 5.74) is 0.175. The molecule has 0 radical (unpaired) electrons. The van der Waals surface area contributed by atoms with Crippen molar-refractivity contribution in [1.82, 2.24) is 0 Å². The third-order valence-electron chi connectivity index (χ3n) is 1.41. The Balaban J connectivity index is 4.03. The molecule has 76 valence electrons. The van der Waals surface area contributed by atoms with E-state index >= 15 is 0 Å².